The van der Waals surface area contributed by atoms with Crippen LogP contribution in [-0.4, -0.2) is 45.3 Å². The largest absolute Gasteiger partial charge is 0.381 e. The third-order valence-corrected chi connectivity index (χ3v) is 4.68. The van der Waals surface area contributed by atoms with E-state index in [0.29, 0.717) is 6.04 Å². The van der Waals surface area contributed by atoms with Crippen LogP contribution in [0.1, 0.15) is 24.9 Å². The van der Waals surface area contributed by atoms with Crippen molar-refractivity contribution < 1.29 is 4.74 Å². The highest BCUT2D eigenvalue weighted by Gasteiger charge is 2.36. The Kier molecular flexibility index (Phi) is 5.44. The predicted octanol–water partition coefficient (Wildman–Crippen LogP) is 2.96. The van der Waals surface area contributed by atoms with Crippen molar-refractivity contribution in [2.45, 2.75) is 19.4 Å². The van der Waals surface area contributed by atoms with E-state index >= 15 is 0 Å². The molecule has 2 rings (SSSR count). The molecule has 0 amide bonds. The minimum Gasteiger partial charge on any atom is -0.381 e. The molecule has 3 nitrogen and oxygen atoms in total. The molecule has 1 saturated heterocycles. The first-order valence-electron chi connectivity index (χ1n) is 7.25. The second kappa shape index (κ2) is 6.90. The van der Waals surface area contributed by atoms with Crippen LogP contribution in [0.5, 0.6) is 0 Å². The molecule has 0 aliphatic carbocycles. The Balaban J connectivity index is 2.07. The van der Waals surface area contributed by atoms with Crippen molar-refractivity contribution in [3.05, 3.63) is 34.9 Å². The average Bonchev–Trinajstić information content (AvgIpc) is 2.87. The zero-order valence-corrected chi connectivity index (χ0v) is 13.4. The Morgan fingerprint density at radius 1 is 1.45 bits per heavy atom. The number of nitrogens with one attached hydrogen (secondary N) is 1. The lowest BCUT2D eigenvalue weighted by atomic mass is 9.86. The average molecular weight is 297 g/mol. The normalized spacial score (nSPS) is 24.2. The third-order valence-electron chi connectivity index (χ3n) is 4.34. The SMILES string of the molecule is CNCC1(CN(C)C(C)c2ccccc2Cl)CCOC1. The molecule has 1 heterocycles. The van der Waals surface area contributed by atoms with Crippen molar-refractivity contribution in [2.75, 3.05) is 40.4 Å². The van der Waals surface area contributed by atoms with E-state index in [1.807, 2.05) is 25.2 Å². The topological polar surface area (TPSA) is 24.5 Å². The Bertz CT molecular complexity index is 432. The number of hydrogen-bond acceptors (Lipinski definition) is 3. The summed E-state index contributed by atoms with van der Waals surface area (Å²) >= 11 is 6.31. The lowest BCUT2D eigenvalue weighted by molar-refractivity contribution is 0.106. The molecule has 1 aromatic rings. The van der Waals surface area contributed by atoms with Gasteiger partial charge in [0, 0.05) is 36.2 Å². The lowest BCUT2D eigenvalue weighted by Crippen LogP contribution is -2.43. The molecule has 2 atom stereocenters. The maximum absolute atomic E-state index is 6.31. The van der Waals surface area contributed by atoms with Gasteiger partial charge in [-0.25, -0.2) is 0 Å². The lowest BCUT2D eigenvalue weighted by Gasteiger charge is -2.35. The highest BCUT2D eigenvalue weighted by molar-refractivity contribution is 6.31. The van der Waals surface area contributed by atoms with Crippen LogP contribution in [0, 0.1) is 5.41 Å². The van der Waals surface area contributed by atoms with Crippen LogP contribution >= 0.6 is 11.6 Å². The Morgan fingerprint density at radius 3 is 2.80 bits per heavy atom. The van der Waals surface area contributed by atoms with Crippen LogP contribution in [0.25, 0.3) is 0 Å². The van der Waals surface area contributed by atoms with E-state index in [9.17, 15) is 0 Å². The minimum atomic E-state index is 0.221. The van der Waals surface area contributed by atoms with E-state index < -0.39 is 0 Å². The number of hydrogen-bond donors (Lipinski definition) is 1. The summed E-state index contributed by atoms with van der Waals surface area (Å²) in [5, 5.41) is 4.16. The van der Waals surface area contributed by atoms with E-state index in [0.717, 1.165) is 37.7 Å². The molecule has 1 fully saturated rings. The van der Waals surface area contributed by atoms with Crippen LogP contribution < -0.4 is 5.32 Å². The molecule has 1 aliphatic heterocycles. The highest BCUT2D eigenvalue weighted by Crippen LogP contribution is 2.33. The molecular formula is C16H25ClN2O. The molecule has 1 aromatic carbocycles. The molecule has 0 spiro atoms. The fourth-order valence-electron chi connectivity index (χ4n) is 3.06. The first-order chi connectivity index (χ1) is 9.58. The van der Waals surface area contributed by atoms with Crippen LogP contribution in [-0.2, 0) is 4.74 Å². The van der Waals surface area contributed by atoms with Gasteiger partial charge in [0.1, 0.15) is 0 Å². The van der Waals surface area contributed by atoms with Gasteiger partial charge in [0.2, 0.25) is 0 Å². The Hall–Kier alpha value is -0.610. The van der Waals surface area contributed by atoms with Gasteiger partial charge in [-0.2, -0.15) is 0 Å². The maximum atomic E-state index is 6.31. The van der Waals surface area contributed by atoms with Gasteiger partial charge in [0.05, 0.1) is 6.61 Å². The zero-order chi connectivity index (χ0) is 14.6. The van der Waals surface area contributed by atoms with Crippen LogP contribution in [0.2, 0.25) is 5.02 Å². The Labute approximate surface area is 127 Å². The number of nitrogens with zero attached hydrogens (tertiary/aromatic N) is 1. The van der Waals surface area contributed by atoms with Gasteiger partial charge in [-0.05, 0) is 39.1 Å². The van der Waals surface area contributed by atoms with Crippen molar-refractivity contribution in [1.29, 1.82) is 0 Å². The number of rotatable bonds is 6. The highest BCUT2D eigenvalue weighted by atomic mass is 35.5. The molecular weight excluding hydrogens is 272 g/mol. The van der Waals surface area contributed by atoms with Crippen molar-refractivity contribution in [3.8, 4) is 0 Å². The van der Waals surface area contributed by atoms with Crippen LogP contribution in [0.4, 0.5) is 0 Å². The second-order valence-electron chi connectivity index (χ2n) is 5.95. The van der Waals surface area contributed by atoms with Gasteiger partial charge in [-0.3, -0.25) is 4.90 Å². The monoisotopic (exact) mass is 296 g/mol. The van der Waals surface area contributed by atoms with Gasteiger partial charge in [0.25, 0.3) is 0 Å². The number of ether oxygens (including phenoxy) is 1. The van der Waals surface area contributed by atoms with Crippen molar-refractivity contribution in [1.82, 2.24) is 10.2 Å². The summed E-state index contributed by atoms with van der Waals surface area (Å²) < 4.78 is 5.63. The fourth-order valence-corrected chi connectivity index (χ4v) is 3.36. The molecule has 0 aromatic heterocycles. The molecule has 4 heteroatoms. The van der Waals surface area contributed by atoms with E-state index in [4.69, 9.17) is 16.3 Å². The third kappa shape index (κ3) is 3.53. The van der Waals surface area contributed by atoms with Gasteiger partial charge in [-0.15, -0.1) is 0 Å². The molecule has 20 heavy (non-hydrogen) atoms. The summed E-state index contributed by atoms with van der Waals surface area (Å²) in [4.78, 5) is 2.38. The Morgan fingerprint density at radius 2 is 2.20 bits per heavy atom. The van der Waals surface area contributed by atoms with E-state index in [-0.39, 0.29) is 5.41 Å². The predicted molar refractivity (Wildman–Crippen MR) is 84.3 cm³/mol. The van der Waals surface area contributed by atoms with Gasteiger partial charge >= 0.3 is 0 Å². The van der Waals surface area contributed by atoms with Crippen molar-refractivity contribution in [3.63, 3.8) is 0 Å². The smallest absolute Gasteiger partial charge is 0.0547 e. The molecule has 0 saturated carbocycles. The first kappa shape index (κ1) is 15.8. The van der Waals surface area contributed by atoms with E-state index in [2.05, 4.69) is 30.3 Å². The summed E-state index contributed by atoms with van der Waals surface area (Å²) in [6, 6.07) is 8.40. The summed E-state index contributed by atoms with van der Waals surface area (Å²) in [5.74, 6) is 0. The summed E-state index contributed by atoms with van der Waals surface area (Å²) in [7, 11) is 4.18. The van der Waals surface area contributed by atoms with Crippen molar-refractivity contribution >= 4 is 11.6 Å². The van der Waals surface area contributed by atoms with Crippen LogP contribution in [0.15, 0.2) is 24.3 Å². The van der Waals surface area contributed by atoms with E-state index in [1.54, 1.807) is 0 Å². The first-order valence-corrected chi connectivity index (χ1v) is 7.63. The molecule has 2 unspecified atom stereocenters. The van der Waals surface area contributed by atoms with Crippen LogP contribution in [0.3, 0.4) is 0 Å². The zero-order valence-electron chi connectivity index (χ0n) is 12.7. The molecule has 0 radical (unpaired) electrons. The fraction of sp³-hybridized carbons (Fsp3) is 0.625. The minimum absolute atomic E-state index is 0.221. The molecule has 112 valence electrons. The van der Waals surface area contributed by atoms with Crippen molar-refractivity contribution in [2.24, 2.45) is 5.41 Å². The van der Waals surface area contributed by atoms with Gasteiger partial charge in [0.15, 0.2) is 0 Å². The quantitative estimate of drug-likeness (QED) is 0.873. The standard InChI is InChI=1S/C16H25ClN2O/c1-13(14-6-4-5-7-15(14)17)19(3)11-16(10-18-2)8-9-20-12-16/h4-7,13,18H,8-12H2,1-3H3. The van der Waals surface area contributed by atoms with E-state index in [1.165, 1.54) is 5.56 Å². The van der Waals surface area contributed by atoms with Gasteiger partial charge < -0.3 is 10.1 Å². The van der Waals surface area contributed by atoms with Gasteiger partial charge in [-0.1, -0.05) is 29.8 Å². The summed E-state index contributed by atoms with van der Waals surface area (Å²) in [6.07, 6.45) is 1.12. The molecule has 1 N–H and O–H groups in total. The maximum Gasteiger partial charge on any atom is 0.0547 e. The molecule has 1 aliphatic rings. The number of halogens is 1. The summed E-state index contributed by atoms with van der Waals surface area (Å²) in [5.41, 5.74) is 1.41. The summed E-state index contributed by atoms with van der Waals surface area (Å²) in [6.45, 7) is 5.93. The number of benzene rings is 1. The molecule has 0 bridgehead atoms. The second-order valence-corrected chi connectivity index (χ2v) is 6.35.